The number of fused-ring (bicyclic) bond motifs is 5. The molecule has 1 aromatic carbocycles. The van der Waals surface area contributed by atoms with Gasteiger partial charge in [-0.2, -0.15) is 0 Å². The maximum atomic E-state index is 12.5. The second-order valence-corrected chi connectivity index (χ2v) is 8.32. The van der Waals surface area contributed by atoms with Crippen LogP contribution in [-0.2, 0) is 11.2 Å². The minimum absolute atomic E-state index is 0.110. The summed E-state index contributed by atoms with van der Waals surface area (Å²) < 4.78 is 11.6. The van der Waals surface area contributed by atoms with Crippen molar-refractivity contribution >= 4 is 5.78 Å². The highest BCUT2D eigenvalue weighted by Crippen LogP contribution is 2.61. The number of ether oxygens (including phenoxy) is 2. The van der Waals surface area contributed by atoms with Crippen molar-refractivity contribution in [2.45, 2.75) is 65.2 Å². The molecule has 0 unspecified atom stereocenters. The predicted octanol–water partition coefficient (Wildman–Crippen LogP) is 4.61. The number of aromatic hydroxyl groups is 1. The summed E-state index contributed by atoms with van der Waals surface area (Å²) in [5.74, 6) is 3.27. The first-order chi connectivity index (χ1) is 12.5. The molecule has 0 heterocycles. The first kappa shape index (κ1) is 17.7. The first-order valence-corrected chi connectivity index (χ1v) is 10.2. The topological polar surface area (TPSA) is 55.8 Å². The van der Waals surface area contributed by atoms with E-state index >= 15 is 0 Å². The molecule has 2 saturated carbocycles. The van der Waals surface area contributed by atoms with Gasteiger partial charge in [0, 0.05) is 17.4 Å². The van der Waals surface area contributed by atoms with Crippen molar-refractivity contribution in [1.29, 1.82) is 0 Å². The standard InChI is InChI=1S/C22H30O4/c1-4-25-18-12-16-13-10-11-22(3)17(8-9-19(22)23)14(13)6-7-15(16)21(20(18)24)26-5-2/h12-14,17,24H,4-11H2,1-3H3/t13-,14+,17-,22-/m0/s1. The lowest BCUT2D eigenvalue weighted by Gasteiger charge is -2.48. The van der Waals surface area contributed by atoms with Crippen molar-refractivity contribution in [2.75, 3.05) is 13.2 Å². The molecule has 0 radical (unpaired) electrons. The molecular weight excluding hydrogens is 328 g/mol. The first-order valence-electron chi connectivity index (χ1n) is 10.2. The molecule has 0 aromatic heterocycles. The van der Waals surface area contributed by atoms with E-state index in [9.17, 15) is 9.90 Å². The minimum atomic E-state index is -0.110. The summed E-state index contributed by atoms with van der Waals surface area (Å²) in [5.41, 5.74) is 2.33. The Morgan fingerprint density at radius 3 is 2.65 bits per heavy atom. The van der Waals surface area contributed by atoms with Crippen LogP contribution in [0.1, 0.15) is 69.9 Å². The Morgan fingerprint density at radius 1 is 1.15 bits per heavy atom. The van der Waals surface area contributed by atoms with Gasteiger partial charge in [-0.25, -0.2) is 0 Å². The third-order valence-electron chi connectivity index (χ3n) is 7.22. The van der Waals surface area contributed by atoms with Gasteiger partial charge in [0.15, 0.2) is 11.5 Å². The predicted molar refractivity (Wildman–Crippen MR) is 100 cm³/mol. The molecule has 4 atom stereocenters. The average molecular weight is 358 g/mol. The second kappa shape index (κ2) is 6.47. The highest BCUT2D eigenvalue weighted by atomic mass is 16.5. The van der Waals surface area contributed by atoms with Gasteiger partial charge in [0.25, 0.3) is 0 Å². The lowest BCUT2D eigenvalue weighted by Crippen LogP contribution is -2.42. The Balaban J connectivity index is 1.77. The van der Waals surface area contributed by atoms with E-state index < -0.39 is 0 Å². The molecule has 0 aliphatic heterocycles. The number of carbonyl (C=O) groups is 1. The fraction of sp³-hybridized carbons (Fsp3) is 0.682. The van der Waals surface area contributed by atoms with E-state index in [1.54, 1.807) is 0 Å². The van der Waals surface area contributed by atoms with E-state index in [1.165, 1.54) is 5.56 Å². The Labute approximate surface area is 155 Å². The number of phenolic OH excluding ortho intramolecular Hbond substituents is 1. The van der Waals surface area contributed by atoms with E-state index in [-0.39, 0.29) is 11.2 Å². The fourth-order valence-electron chi connectivity index (χ4n) is 5.99. The number of carbonyl (C=O) groups excluding carboxylic acids is 1. The van der Waals surface area contributed by atoms with Gasteiger partial charge in [0.05, 0.1) is 13.2 Å². The minimum Gasteiger partial charge on any atom is -0.502 e. The fourth-order valence-corrected chi connectivity index (χ4v) is 5.99. The molecule has 1 aromatic rings. The zero-order valence-corrected chi connectivity index (χ0v) is 16.1. The summed E-state index contributed by atoms with van der Waals surface area (Å²) in [6.45, 7) is 7.12. The Morgan fingerprint density at radius 2 is 1.92 bits per heavy atom. The van der Waals surface area contributed by atoms with Crippen molar-refractivity contribution in [3.63, 3.8) is 0 Å². The number of rotatable bonds is 4. The smallest absolute Gasteiger partial charge is 0.201 e. The summed E-state index contributed by atoms with van der Waals surface area (Å²) in [6, 6.07) is 2.05. The van der Waals surface area contributed by atoms with E-state index in [2.05, 4.69) is 6.92 Å². The molecule has 4 rings (SSSR count). The summed E-state index contributed by atoms with van der Waals surface area (Å²) >= 11 is 0. The lowest BCUT2D eigenvalue weighted by atomic mass is 9.55. The molecule has 0 bridgehead atoms. The molecule has 0 saturated heterocycles. The van der Waals surface area contributed by atoms with Crippen LogP contribution in [0, 0.1) is 17.3 Å². The van der Waals surface area contributed by atoms with Gasteiger partial charge >= 0.3 is 0 Å². The molecular formula is C22H30O4. The molecule has 3 aliphatic rings. The van der Waals surface area contributed by atoms with E-state index in [1.807, 2.05) is 19.9 Å². The zero-order chi connectivity index (χ0) is 18.5. The van der Waals surface area contributed by atoms with Crippen molar-refractivity contribution in [3.8, 4) is 17.2 Å². The maximum Gasteiger partial charge on any atom is 0.201 e. The quantitative estimate of drug-likeness (QED) is 0.853. The number of Topliss-reactive ketones (excluding diaryl/α,β-unsaturated/α-hetero) is 1. The second-order valence-electron chi connectivity index (χ2n) is 8.32. The molecule has 1 N–H and O–H groups in total. The molecule has 142 valence electrons. The van der Waals surface area contributed by atoms with Gasteiger partial charge < -0.3 is 14.6 Å². The molecule has 26 heavy (non-hydrogen) atoms. The Bertz CT molecular complexity index is 725. The van der Waals surface area contributed by atoms with Crippen LogP contribution in [-0.4, -0.2) is 24.1 Å². The molecule has 0 amide bonds. The van der Waals surface area contributed by atoms with Crippen molar-refractivity contribution in [1.82, 2.24) is 0 Å². The zero-order valence-electron chi connectivity index (χ0n) is 16.1. The van der Waals surface area contributed by atoms with Gasteiger partial charge in [0.1, 0.15) is 5.78 Å². The molecule has 4 nitrogen and oxygen atoms in total. The van der Waals surface area contributed by atoms with Gasteiger partial charge in [-0.15, -0.1) is 0 Å². The average Bonchev–Trinajstić information content (AvgIpc) is 2.94. The van der Waals surface area contributed by atoms with Crippen LogP contribution in [0.25, 0.3) is 0 Å². The van der Waals surface area contributed by atoms with Gasteiger partial charge in [-0.3, -0.25) is 4.79 Å². The number of hydrogen-bond donors (Lipinski definition) is 1. The lowest BCUT2D eigenvalue weighted by molar-refractivity contribution is -0.129. The summed E-state index contributed by atoms with van der Waals surface area (Å²) in [4.78, 5) is 12.5. The molecule has 2 fully saturated rings. The van der Waals surface area contributed by atoms with Crippen LogP contribution in [0.2, 0.25) is 0 Å². The van der Waals surface area contributed by atoms with Gasteiger partial charge in [0.2, 0.25) is 5.75 Å². The van der Waals surface area contributed by atoms with Gasteiger partial charge in [-0.05, 0) is 75.3 Å². The largest absolute Gasteiger partial charge is 0.502 e. The van der Waals surface area contributed by atoms with Crippen LogP contribution in [0.4, 0.5) is 0 Å². The van der Waals surface area contributed by atoms with Crippen molar-refractivity contribution in [2.24, 2.45) is 17.3 Å². The van der Waals surface area contributed by atoms with Crippen LogP contribution in [0.15, 0.2) is 6.07 Å². The highest BCUT2D eigenvalue weighted by molar-refractivity contribution is 5.87. The number of ketones is 1. The molecule has 4 heteroatoms. The number of phenols is 1. The van der Waals surface area contributed by atoms with E-state index in [4.69, 9.17) is 9.47 Å². The van der Waals surface area contributed by atoms with Crippen LogP contribution in [0.5, 0.6) is 17.2 Å². The third kappa shape index (κ3) is 2.44. The Hall–Kier alpha value is -1.71. The normalized spacial score (nSPS) is 32.6. The summed E-state index contributed by atoms with van der Waals surface area (Å²) in [5, 5.41) is 10.6. The van der Waals surface area contributed by atoms with Crippen molar-refractivity contribution < 1.29 is 19.4 Å². The third-order valence-corrected chi connectivity index (χ3v) is 7.22. The molecule has 3 aliphatic carbocycles. The molecule has 0 spiro atoms. The maximum absolute atomic E-state index is 12.5. The SMILES string of the molecule is CCOc1cc2c(c(OCC)c1O)CC[C@@H]1[C@@H]2CC[C@]2(C)C(=O)CC[C@@H]12. The van der Waals surface area contributed by atoms with E-state index in [0.29, 0.717) is 48.2 Å². The highest BCUT2D eigenvalue weighted by Gasteiger charge is 2.54. The summed E-state index contributed by atoms with van der Waals surface area (Å²) in [7, 11) is 0. The Kier molecular flexibility index (Phi) is 4.40. The monoisotopic (exact) mass is 358 g/mol. The van der Waals surface area contributed by atoms with Crippen LogP contribution >= 0.6 is 0 Å². The van der Waals surface area contributed by atoms with Gasteiger partial charge in [-0.1, -0.05) is 6.92 Å². The van der Waals surface area contributed by atoms with Crippen LogP contribution in [0.3, 0.4) is 0 Å². The van der Waals surface area contributed by atoms with E-state index in [0.717, 1.165) is 44.1 Å². The number of benzene rings is 1. The summed E-state index contributed by atoms with van der Waals surface area (Å²) in [6.07, 6.45) is 5.80. The van der Waals surface area contributed by atoms with Crippen LogP contribution < -0.4 is 9.47 Å². The van der Waals surface area contributed by atoms with Crippen molar-refractivity contribution in [3.05, 3.63) is 17.2 Å². The number of hydrogen-bond acceptors (Lipinski definition) is 4.